The summed E-state index contributed by atoms with van der Waals surface area (Å²) in [5, 5.41) is 3.57. The highest BCUT2D eigenvalue weighted by Crippen LogP contribution is 2.39. The van der Waals surface area contributed by atoms with E-state index in [0.29, 0.717) is 17.1 Å². The fourth-order valence-corrected chi connectivity index (χ4v) is 5.03. The maximum atomic E-state index is 12.6. The predicted octanol–water partition coefficient (Wildman–Crippen LogP) is 1.57. The first kappa shape index (κ1) is 18.8. The molecule has 0 aromatic carbocycles. The number of thiophene rings is 1. The van der Waals surface area contributed by atoms with Crippen LogP contribution >= 0.6 is 11.3 Å². The van der Waals surface area contributed by atoms with Crippen molar-refractivity contribution in [1.29, 1.82) is 0 Å². The van der Waals surface area contributed by atoms with Gasteiger partial charge in [-0.1, -0.05) is 0 Å². The Morgan fingerprint density at radius 1 is 1.18 bits per heavy atom. The average molecular weight is 401 g/mol. The van der Waals surface area contributed by atoms with Gasteiger partial charge in [0.25, 0.3) is 0 Å². The molecule has 9 heteroatoms. The Kier molecular flexibility index (Phi) is 5.54. The molecule has 4 rings (SSSR count). The van der Waals surface area contributed by atoms with Crippen molar-refractivity contribution < 1.29 is 14.3 Å². The Balaban J connectivity index is 1.35. The number of methoxy groups -OCH3 is 1. The van der Waals surface area contributed by atoms with Crippen molar-refractivity contribution in [3.8, 4) is 0 Å². The molecule has 0 unspecified atom stereocenters. The van der Waals surface area contributed by atoms with Crippen LogP contribution in [0.15, 0.2) is 18.5 Å². The predicted molar refractivity (Wildman–Crippen MR) is 107 cm³/mol. The summed E-state index contributed by atoms with van der Waals surface area (Å²) in [7, 11) is 1.38. The molecule has 1 aliphatic heterocycles. The van der Waals surface area contributed by atoms with Crippen molar-refractivity contribution in [2.45, 2.75) is 19.3 Å². The van der Waals surface area contributed by atoms with Crippen LogP contribution in [-0.4, -0.2) is 66.6 Å². The van der Waals surface area contributed by atoms with Crippen molar-refractivity contribution >= 4 is 34.2 Å². The van der Waals surface area contributed by atoms with E-state index < -0.39 is 0 Å². The lowest BCUT2D eigenvalue weighted by atomic mass is 10.1. The SMILES string of the molecule is COC(=O)c1c(NC(=O)CN2CCN(c3ncccn3)CC2)sc2c1CCC2. The zero-order valence-corrected chi connectivity index (χ0v) is 16.6. The monoisotopic (exact) mass is 401 g/mol. The third-order valence-electron chi connectivity index (χ3n) is 5.14. The Hall–Kier alpha value is -2.52. The van der Waals surface area contributed by atoms with E-state index in [2.05, 4.69) is 25.1 Å². The summed E-state index contributed by atoms with van der Waals surface area (Å²) in [6, 6.07) is 1.80. The number of hydrogen-bond donors (Lipinski definition) is 1. The molecule has 2 aromatic rings. The number of amides is 1. The molecule has 148 valence electrons. The molecule has 1 fully saturated rings. The molecule has 3 heterocycles. The highest BCUT2D eigenvalue weighted by Gasteiger charge is 2.28. The largest absolute Gasteiger partial charge is 0.465 e. The van der Waals surface area contributed by atoms with Crippen molar-refractivity contribution in [3.63, 3.8) is 0 Å². The quantitative estimate of drug-likeness (QED) is 0.761. The summed E-state index contributed by atoms with van der Waals surface area (Å²) < 4.78 is 4.93. The number of anilines is 2. The number of nitrogens with one attached hydrogen (secondary N) is 1. The second kappa shape index (κ2) is 8.24. The fourth-order valence-electron chi connectivity index (χ4n) is 3.74. The average Bonchev–Trinajstić information content (AvgIpc) is 3.29. The molecule has 1 aliphatic carbocycles. The molecule has 0 radical (unpaired) electrons. The van der Waals surface area contributed by atoms with Crippen LogP contribution in [0, 0.1) is 0 Å². The topological polar surface area (TPSA) is 87.7 Å². The van der Waals surface area contributed by atoms with Crippen LogP contribution in [-0.2, 0) is 22.4 Å². The van der Waals surface area contributed by atoms with E-state index in [1.807, 2.05) is 0 Å². The molecular weight excluding hydrogens is 378 g/mol. The van der Waals surface area contributed by atoms with Gasteiger partial charge in [0.05, 0.1) is 19.2 Å². The first-order valence-corrected chi connectivity index (χ1v) is 10.2. The molecule has 1 amide bonds. The van der Waals surface area contributed by atoms with Gasteiger partial charge in [0.1, 0.15) is 5.00 Å². The summed E-state index contributed by atoms with van der Waals surface area (Å²) in [5.41, 5.74) is 1.59. The van der Waals surface area contributed by atoms with E-state index in [9.17, 15) is 9.59 Å². The number of fused-ring (bicyclic) bond motifs is 1. The summed E-state index contributed by atoms with van der Waals surface area (Å²) in [4.78, 5) is 38.8. The highest BCUT2D eigenvalue weighted by atomic mass is 32.1. The number of nitrogens with zero attached hydrogens (tertiary/aromatic N) is 4. The smallest absolute Gasteiger partial charge is 0.341 e. The molecule has 8 nitrogen and oxygen atoms in total. The van der Waals surface area contributed by atoms with Gasteiger partial charge in [0, 0.05) is 43.4 Å². The molecule has 1 N–H and O–H groups in total. The number of carbonyl (C=O) groups excluding carboxylic acids is 2. The third kappa shape index (κ3) is 3.85. The highest BCUT2D eigenvalue weighted by molar-refractivity contribution is 7.17. The molecule has 0 saturated carbocycles. The van der Waals surface area contributed by atoms with Crippen molar-refractivity contribution in [2.75, 3.05) is 50.1 Å². The number of carbonyl (C=O) groups is 2. The Labute approximate surface area is 167 Å². The minimum absolute atomic E-state index is 0.102. The lowest BCUT2D eigenvalue weighted by Gasteiger charge is -2.34. The van der Waals surface area contributed by atoms with Crippen LogP contribution in [0.5, 0.6) is 0 Å². The molecule has 0 atom stereocenters. The summed E-state index contributed by atoms with van der Waals surface area (Å²) in [6.07, 6.45) is 6.35. The maximum Gasteiger partial charge on any atom is 0.341 e. The number of piperazine rings is 1. The van der Waals surface area contributed by atoms with E-state index >= 15 is 0 Å². The molecular formula is C19H23N5O3S. The van der Waals surface area contributed by atoms with Crippen LogP contribution < -0.4 is 10.2 Å². The molecule has 1 saturated heterocycles. The number of esters is 1. The van der Waals surface area contributed by atoms with E-state index in [0.717, 1.165) is 57.0 Å². The van der Waals surface area contributed by atoms with Crippen LogP contribution in [0.3, 0.4) is 0 Å². The van der Waals surface area contributed by atoms with Crippen molar-refractivity contribution in [3.05, 3.63) is 34.5 Å². The number of ether oxygens (including phenoxy) is 1. The first-order chi connectivity index (χ1) is 13.7. The molecule has 28 heavy (non-hydrogen) atoms. The normalized spacial score (nSPS) is 16.7. The van der Waals surface area contributed by atoms with Gasteiger partial charge >= 0.3 is 5.97 Å². The fraction of sp³-hybridized carbons (Fsp3) is 0.474. The van der Waals surface area contributed by atoms with Gasteiger partial charge in [0.2, 0.25) is 11.9 Å². The van der Waals surface area contributed by atoms with Gasteiger partial charge in [-0.05, 0) is 30.9 Å². The number of rotatable bonds is 5. The lowest BCUT2D eigenvalue weighted by molar-refractivity contribution is -0.117. The molecule has 0 spiro atoms. The zero-order valence-electron chi connectivity index (χ0n) is 15.8. The van der Waals surface area contributed by atoms with Crippen LogP contribution in [0.25, 0.3) is 0 Å². The first-order valence-electron chi connectivity index (χ1n) is 9.42. The van der Waals surface area contributed by atoms with Gasteiger partial charge in [-0.15, -0.1) is 11.3 Å². The third-order valence-corrected chi connectivity index (χ3v) is 6.35. The zero-order chi connectivity index (χ0) is 19.5. The van der Waals surface area contributed by atoms with Crippen LogP contribution in [0.2, 0.25) is 0 Å². The second-order valence-corrected chi connectivity index (χ2v) is 8.02. The van der Waals surface area contributed by atoms with Crippen LogP contribution in [0.1, 0.15) is 27.2 Å². The Bertz CT molecular complexity index is 862. The number of aromatic nitrogens is 2. The standard InChI is InChI=1S/C19H23N5O3S/c1-27-18(26)16-13-4-2-5-14(13)28-17(16)22-15(25)12-23-8-10-24(11-9-23)19-20-6-3-7-21-19/h3,6-7H,2,4-5,8-12H2,1H3,(H,22,25). The van der Waals surface area contributed by atoms with Gasteiger partial charge in [-0.25, -0.2) is 14.8 Å². The Morgan fingerprint density at radius 2 is 1.93 bits per heavy atom. The maximum absolute atomic E-state index is 12.6. The minimum atomic E-state index is -0.369. The number of hydrogen-bond acceptors (Lipinski definition) is 8. The van der Waals surface area contributed by atoms with E-state index in [1.165, 1.54) is 23.3 Å². The Morgan fingerprint density at radius 3 is 2.64 bits per heavy atom. The molecule has 2 aliphatic rings. The summed E-state index contributed by atoms with van der Waals surface area (Å²) >= 11 is 1.50. The molecule has 0 bridgehead atoms. The van der Waals surface area contributed by atoms with Gasteiger partial charge < -0.3 is 15.0 Å². The van der Waals surface area contributed by atoms with E-state index in [1.54, 1.807) is 18.5 Å². The second-order valence-electron chi connectivity index (χ2n) is 6.91. The lowest BCUT2D eigenvalue weighted by Crippen LogP contribution is -2.49. The van der Waals surface area contributed by atoms with Gasteiger partial charge in [-0.3, -0.25) is 9.69 Å². The van der Waals surface area contributed by atoms with Crippen molar-refractivity contribution in [1.82, 2.24) is 14.9 Å². The minimum Gasteiger partial charge on any atom is -0.465 e. The van der Waals surface area contributed by atoms with E-state index in [4.69, 9.17) is 4.74 Å². The summed E-state index contributed by atoms with van der Waals surface area (Å²) in [5.74, 6) is 0.253. The van der Waals surface area contributed by atoms with Gasteiger partial charge in [0.15, 0.2) is 0 Å². The van der Waals surface area contributed by atoms with Crippen molar-refractivity contribution in [2.24, 2.45) is 0 Å². The van der Waals surface area contributed by atoms with Gasteiger partial charge in [-0.2, -0.15) is 0 Å². The molecule has 2 aromatic heterocycles. The van der Waals surface area contributed by atoms with Crippen LogP contribution in [0.4, 0.5) is 10.9 Å². The number of aryl methyl sites for hydroxylation is 1. The summed E-state index contributed by atoms with van der Waals surface area (Å²) in [6.45, 7) is 3.37. The van der Waals surface area contributed by atoms with E-state index in [-0.39, 0.29) is 11.9 Å².